The molecule has 0 bridgehead atoms. The van der Waals surface area contributed by atoms with Crippen molar-refractivity contribution in [3.63, 3.8) is 0 Å². The highest BCUT2D eigenvalue weighted by Gasteiger charge is 2.61. The maximum Gasteiger partial charge on any atom is 0.322 e. The van der Waals surface area contributed by atoms with E-state index in [2.05, 4.69) is 65.3 Å². The van der Waals surface area contributed by atoms with Crippen molar-refractivity contribution < 1.29 is 9.53 Å². The predicted octanol–water partition coefficient (Wildman–Crippen LogP) is 2.25. The van der Waals surface area contributed by atoms with Gasteiger partial charge in [-0.3, -0.25) is 9.80 Å². The second-order valence-corrected chi connectivity index (χ2v) is 8.90. The van der Waals surface area contributed by atoms with Crippen molar-refractivity contribution >= 4 is 18.7 Å². The SMILES string of the molecule is C=NC(=N/C=C(\C)N1CC2(CC(c3ccccc3)(N(C)C)C2)NC1=O)N1CCOCC1. The molecule has 0 radical (unpaired) electrons. The zero-order valence-electron chi connectivity index (χ0n) is 18.7. The number of ether oxygens (including phenoxy) is 1. The summed E-state index contributed by atoms with van der Waals surface area (Å²) in [4.78, 5) is 27.5. The molecular formula is C23H32N6O2. The number of rotatable bonds is 4. The number of hydrogen-bond donors (Lipinski definition) is 1. The maximum absolute atomic E-state index is 12.8. The second-order valence-electron chi connectivity index (χ2n) is 8.90. The number of amides is 2. The molecule has 1 aromatic rings. The Bertz CT molecular complexity index is 883. The van der Waals surface area contributed by atoms with E-state index in [1.54, 1.807) is 11.1 Å². The molecule has 0 aromatic heterocycles. The fourth-order valence-corrected chi connectivity index (χ4v) is 4.99. The van der Waals surface area contributed by atoms with E-state index in [4.69, 9.17) is 4.74 Å². The van der Waals surface area contributed by atoms with E-state index in [0.717, 1.165) is 31.6 Å². The molecule has 1 aromatic carbocycles. The van der Waals surface area contributed by atoms with E-state index in [1.807, 2.05) is 17.9 Å². The van der Waals surface area contributed by atoms with Gasteiger partial charge in [0.25, 0.3) is 0 Å². The van der Waals surface area contributed by atoms with Crippen LogP contribution in [0.5, 0.6) is 0 Å². The Morgan fingerprint density at radius 1 is 1.23 bits per heavy atom. The lowest BCUT2D eigenvalue weighted by Crippen LogP contribution is -2.66. The van der Waals surface area contributed by atoms with Crippen LogP contribution in [-0.2, 0) is 10.3 Å². The molecule has 8 heteroatoms. The molecule has 1 spiro atoms. The molecule has 31 heavy (non-hydrogen) atoms. The van der Waals surface area contributed by atoms with Crippen molar-refractivity contribution in [2.45, 2.75) is 30.8 Å². The minimum atomic E-state index is -0.222. The number of aliphatic imine (C=N–C) groups is 2. The molecule has 0 atom stereocenters. The Kier molecular flexibility index (Phi) is 5.85. The lowest BCUT2D eigenvalue weighted by atomic mass is 9.59. The molecule has 1 N–H and O–H groups in total. The van der Waals surface area contributed by atoms with Crippen molar-refractivity contribution in [2.75, 3.05) is 46.9 Å². The number of morpholine rings is 1. The summed E-state index contributed by atoms with van der Waals surface area (Å²) >= 11 is 0. The Morgan fingerprint density at radius 2 is 1.90 bits per heavy atom. The zero-order valence-corrected chi connectivity index (χ0v) is 18.7. The van der Waals surface area contributed by atoms with Gasteiger partial charge < -0.3 is 15.0 Å². The molecule has 1 saturated carbocycles. The van der Waals surface area contributed by atoms with Gasteiger partial charge >= 0.3 is 6.03 Å². The third-order valence-corrected chi connectivity index (χ3v) is 6.73. The number of nitrogens with zero attached hydrogens (tertiary/aromatic N) is 5. The number of benzene rings is 1. The fourth-order valence-electron chi connectivity index (χ4n) is 4.99. The van der Waals surface area contributed by atoms with Crippen molar-refractivity contribution in [3.05, 3.63) is 47.8 Å². The average molecular weight is 425 g/mol. The molecule has 2 saturated heterocycles. The smallest absolute Gasteiger partial charge is 0.322 e. The van der Waals surface area contributed by atoms with Gasteiger partial charge in [0, 0.05) is 18.8 Å². The van der Waals surface area contributed by atoms with Crippen LogP contribution in [0.2, 0.25) is 0 Å². The Labute approximate surface area is 184 Å². The van der Waals surface area contributed by atoms with Crippen LogP contribution in [0, 0.1) is 0 Å². The van der Waals surface area contributed by atoms with E-state index in [-0.39, 0.29) is 17.1 Å². The van der Waals surface area contributed by atoms with Crippen LogP contribution in [0.1, 0.15) is 25.3 Å². The van der Waals surface area contributed by atoms with Crippen LogP contribution in [0.3, 0.4) is 0 Å². The van der Waals surface area contributed by atoms with Crippen molar-refractivity contribution in [1.82, 2.24) is 20.0 Å². The molecular weight excluding hydrogens is 392 g/mol. The standard InChI is InChI=1S/C23H32N6O2/c1-18(14-25-20(24-2)28-10-12-31-13-11-28)29-17-22(26-21(29)30)15-23(16-22,27(3)4)19-8-6-5-7-9-19/h5-9,14H,2,10-13,15-17H2,1,3-4H3,(H,26,30)/b18-14+,25-20?. The Morgan fingerprint density at radius 3 is 2.52 bits per heavy atom. The molecule has 2 heterocycles. The van der Waals surface area contributed by atoms with Gasteiger partial charge in [0.15, 0.2) is 0 Å². The highest BCUT2D eigenvalue weighted by atomic mass is 16.5. The molecule has 0 unspecified atom stereocenters. The van der Waals surface area contributed by atoms with Crippen LogP contribution in [0.25, 0.3) is 0 Å². The Hall–Kier alpha value is -2.71. The quantitative estimate of drug-likeness (QED) is 0.594. The van der Waals surface area contributed by atoms with Gasteiger partial charge in [0.2, 0.25) is 5.96 Å². The molecule has 3 fully saturated rings. The summed E-state index contributed by atoms with van der Waals surface area (Å²) in [5.41, 5.74) is 1.81. The van der Waals surface area contributed by atoms with Gasteiger partial charge in [-0.1, -0.05) is 30.3 Å². The van der Waals surface area contributed by atoms with E-state index >= 15 is 0 Å². The van der Waals surface area contributed by atoms with Gasteiger partial charge in [-0.2, -0.15) is 0 Å². The van der Waals surface area contributed by atoms with Gasteiger partial charge in [0.1, 0.15) is 0 Å². The highest BCUT2D eigenvalue weighted by Crippen LogP contribution is 2.53. The maximum atomic E-state index is 12.8. The van der Waals surface area contributed by atoms with E-state index in [0.29, 0.717) is 25.7 Å². The van der Waals surface area contributed by atoms with Crippen LogP contribution < -0.4 is 5.32 Å². The summed E-state index contributed by atoms with van der Waals surface area (Å²) in [6.07, 6.45) is 3.47. The molecule has 2 aliphatic heterocycles. The number of carbonyl (C=O) groups is 1. The first-order valence-corrected chi connectivity index (χ1v) is 10.8. The summed E-state index contributed by atoms with van der Waals surface area (Å²) in [6.45, 7) is 8.99. The van der Waals surface area contributed by atoms with Crippen LogP contribution in [0.15, 0.2) is 52.2 Å². The monoisotopic (exact) mass is 424 g/mol. The number of hydrogen-bond acceptors (Lipinski definition) is 4. The summed E-state index contributed by atoms with van der Waals surface area (Å²) in [5.74, 6) is 0.566. The van der Waals surface area contributed by atoms with E-state index in [1.165, 1.54) is 5.56 Å². The van der Waals surface area contributed by atoms with Crippen molar-refractivity contribution in [1.29, 1.82) is 0 Å². The largest absolute Gasteiger partial charge is 0.378 e. The third kappa shape index (κ3) is 3.97. The van der Waals surface area contributed by atoms with Crippen LogP contribution in [-0.4, -0.2) is 85.9 Å². The number of carbonyl (C=O) groups excluding carboxylic acids is 1. The minimum Gasteiger partial charge on any atom is -0.378 e. The van der Waals surface area contributed by atoms with Crippen molar-refractivity contribution in [3.8, 4) is 0 Å². The van der Waals surface area contributed by atoms with Crippen molar-refractivity contribution in [2.24, 2.45) is 9.98 Å². The summed E-state index contributed by atoms with van der Waals surface area (Å²) in [6, 6.07) is 10.5. The minimum absolute atomic E-state index is 0.0589. The molecule has 4 rings (SSSR count). The van der Waals surface area contributed by atoms with E-state index in [9.17, 15) is 4.79 Å². The first kappa shape index (κ1) is 21.5. The fraction of sp³-hybridized carbons (Fsp3) is 0.522. The Balaban J connectivity index is 1.47. The number of allylic oxidation sites excluding steroid dienone is 1. The highest BCUT2D eigenvalue weighted by molar-refractivity contribution is 5.85. The van der Waals surface area contributed by atoms with E-state index < -0.39 is 0 Å². The lowest BCUT2D eigenvalue weighted by molar-refractivity contribution is -0.0217. The molecule has 166 valence electrons. The zero-order chi connectivity index (χ0) is 22.1. The third-order valence-electron chi connectivity index (χ3n) is 6.73. The average Bonchev–Trinajstić information content (AvgIpc) is 3.11. The number of nitrogens with one attached hydrogen (secondary N) is 1. The topological polar surface area (TPSA) is 72.8 Å². The normalized spacial score (nSPS) is 29.4. The van der Waals surface area contributed by atoms with Crippen LogP contribution >= 0.6 is 0 Å². The summed E-state index contributed by atoms with van der Waals surface area (Å²) in [7, 11) is 4.23. The van der Waals surface area contributed by atoms with Gasteiger partial charge in [0.05, 0.1) is 37.0 Å². The van der Waals surface area contributed by atoms with Gasteiger partial charge in [-0.05, 0) is 46.1 Å². The van der Waals surface area contributed by atoms with Crippen LogP contribution in [0.4, 0.5) is 4.79 Å². The van der Waals surface area contributed by atoms with Gasteiger partial charge in [-0.25, -0.2) is 14.8 Å². The van der Waals surface area contributed by atoms with Gasteiger partial charge in [-0.15, -0.1) is 0 Å². The number of guanidine groups is 1. The number of urea groups is 1. The second kappa shape index (κ2) is 8.43. The summed E-state index contributed by atoms with van der Waals surface area (Å²) in [5, 5.41) is 3.25. The molecule has 8 nitrogen and oxygen atoms in total. The first-order valence-electron chi connectivity index (χ1n) is 10.8. The molecule has 3 aliphatic rings. The first-order chi connectivity index (χ1) is 14.9. The lowest BCUT2D eigenvalue weighted by Gasteiger charge is -2.57. The summed E-state index contributed by atoms with van der Waals surface area (Å²) < 4.78 is 5.38. The molecule has 2 amide bonds. The molecule has 1 aliphatic carbocycles. The predicted molar refractivity (Wildman–Crippen MR) is 122 cm³/mol.